The van der Waals surface area contributed by atoms with Gasteiger partial charge < -0.3 is 5.32 Å². The normalized spacial score (nSPS) is 16.6. The van der Waals surface area contributed by atoms with Gasteiger partial charge in [-0.3, -0.25) is 4.68 Å². The Balaban J connectivity index is 1.91. The predicted octanol–water partition coefficient (Wildman–Crippen LogP) is 3.07. The van der Waals surface area contributed by atoms with Gasteiger partial charge in [-0.1, -0.05) is 6.92 Å². The molecule has 108 valence electrons. The zero-order valence-electron chi connectivity index (χ0n) is 12.4. The van der Waals surface area contributed by atoms with Crippen molar-refractivity contribution in [3.05, 3.63) is 33.5 Å². The molecule has 0 aliphatic heterocycles. The number of aromatic nitrogens is 3. The first-order valence-corrected chi connectivity index (χ1v) is 8.27. The second kappa shape index (κ2) is 5.66. The Kier molecular flexibility index (Phi) is 3.89. The van der Waals surface area contributed by atoms with Gasteiger partial charge in [0.15, 0.2) is 0 Å². The van der Waals surface area contributed by atoms with Crippen LogP contribution in [0.25, 0.3) is 0 Å². The molecule has 0 spiro atoms. The molecule has 0 amide bonds. The van der Waals surface area contributed by atoms with Gasteiger partial charge in [0.25, 0.3) is 0 Å². The molecule has 2 heterocycles. The van der Waals surface area contributed by atoms with E-state index in [1.54, 1.807) is 0 Å². The van der Waals surface area contributed by atoms with Crippen molar-refractivity contribution in [2.45, 2.75) is 58.7 Å². The van der Waals surface area contributed by atoms with Crippen LogP contribution in [0, 0.1) is 6.92 Å². The van der Waals surface area contributed by atoms with Crippen LogP contribution in [0.2, 0.25) is 0 Å². The third-order valence-electron chi connectivity index (χ3n) is 3.78. The fraction of sp³-hybridized carbons (Fsp3) is 0.600. The van der Waals surface area contributed by atoms with Gasteiger partial charge in [-0.15, -0.1) is 11.3 Å². The Labute approximate surface area is 124 Å². The van der Waals surface area contributed by atoms with E-state index >= 15 is 0 Å². The molecule has 5 heteroatoms. The number of nitrogens with one attached hydrogen (secondary N) is 1. The smallest absolute Gasteiger partial charge is 0.115 e. The van der Waals surface area contributed by atoms with Gasteiger partial charge in [-0.25, -0.2) is 4.98 Å². The van der Waals surface area contributed by atoms with Crippen LogP contribution in [0.5, 0.6) is 0 Å². The zero-order valence-corrected chi connectivity index (χ0v) is 13.2. The number of nitrogens with zero attached hydrogens (tertiary/aromatic N) is 3. The molecule has 1 aliphatic rings. The molecular formula is C15H22N4S. The quantitative estimate of drug-likeness (QED) is 0.889. The van der Waals surface area contributed by atoms with Crippen molar-refractivity contribution in [3.63, 3.8) is 0 Å². The van der Waals surface area contributed by atoms with Crippen molar-refractivity contribution in [2.24, 2.45) is 0 Å². The molecule has 2 aromatic heterocycles. The molecule has 1 atom stereocenters. The lowest BCUT2D eigenvalue weighted by Crippen LogP contribution is -2.24. The highest BCUT2D eigenvalue weighted by molar-refractivity contribution is 7.11. The molecule has 4 nitrogen and oxygen atoms in total. The van der Waals surface area contributed by atoms with Gasteiger partial charge in [0.2, 0.25) is 0 Å². The number of aryl methyl sites for hydroxylation is 3. The Morgan fingerprint density at radius 3 is 2.80 bits per heavy atom. The number of hydrogen-bond donors (Lipinski definition) is 1. The molecule has 1 saturated carbocycles. The van der Waals surface area contributed by atoms with E-state index in [0.29, 0.717) is 6.04 Å². The summed E-state index contributed by atoms with van der Waals surface area (Å²) < 4.78 is 1.98. The van der Waals surface area contributed by atoms with Crippen molar-refractivity contribution in [1.82, 2.24) is 20.1 Å². The molecule has 20 heavy (non-hydrogen) atoms. The molecule has 1 aliphatic carbocycles. The van der Waals surface area contributed by atoms with Gasteiger partial charge in [-0.2, -0.15) is 5.10 Å². The molecule has 1 N–H and O–H groups in total. The van der Waals surface area contributed by atoms with Crippen molar-refractivity contribution in [2.75, 3.05) is 0 Å². The van der Waals surface area contributed by atoms with Gasteiger partial charge in [-0.05, 0) is 33.1 Å². The fourth-order valence-electron chi connectivity index (χ4n) is 2.40. The van der Waals surface area contributed by atoms with Crippen LogP contribution in [0.1, 0.15) is 53.9 Å². The minimum Gasteiger partial charge on any atom is -0.301 e. The maximum atomic E-state index is 4.84. The van der Waals surface area contributed by atoms with Crippen molar-refractivity contribution in [1.29, 1.82) is 0 Å². The van der Waals surface area contributed by atoms with Crippen LogP contribution in [0.3, 0.4) is 0 Å². The van der Waals surface area contributed by atoms with Gasteiger partial charge in [0.1, 0.15) is 5.01 Å². The minimum absolute atomic E-state index is 0.201. The Bertz CT molecular complexity index is 582. The first-order chi connectivity index (χ1) is 9.71. The highest BCUT2D eigenvalue weighted by atomic mass is 32.1. The molecule has 2 aromatic rings. The van der Waals surface area contributed by atoms with E-state index in [-0.39, 0.29) is 6.04 Å². The van der Waals surface area contributed by atoms with Crippen LogP contribution in [0.4, 0.5) is 0 Å². The third-order valence-corrected chi connectivity index (χ3v) is 4.86. The second-order valence-corrected chi connectivity index (χ2v) is 6.65. The Morgan fingerprint density at radius 2 is 2.25 bits per heavy atom. The average molecular weight is 290 g/mol. The van der Waals surface area contributed by atoms with E-state index in [9.17, 15) is 0 Å². The predicted molar refractivity (Wildman–Crippen MR) is 82.1 cm³/mol. The number of rotatable bonds is 6. The van der Waals surface area contributed by atoms with E-state index in [1.165, 1.54) is 34.0 Å². The summed E-state index contributed by atoms with van der Waals surface area (Å²) in [6, 6.07) is 0.853. The molecule has 1 fully saturated rings. The van der Waals surface area contributed by atoms with E-state index in [4.69, 9.17) is 4.98 Å². The summed E-state index contributed by atoms with van der Waals surface area (Å²) in [5.74, 6) is 0. The molecule has 1 unspecified atom stereocenters. The van der Waals surface area contributed by atoms with E-state index in [0.717, 1.165) is 13.0 Å². The SMILES string of the molecule is CCc1nc(C(NC2CC2)c2cnn(CC)c2)sc1C. The molecular weight excluding hydrogens is 268 g/mol. The summed E-state index contributed by atoms with van der Waals surface area (Å²) in [6.45, 7) is 7.37. The lowest BCUT2D eigenvalue weighted by Gasteiger charge is -2.14. The maximum Gasteiger partial charge on any atom is 0.115 e. The molecule has 0 bridgehead atoms. The number of hydrogen-bond acceptors (Lipinski definition) is 4. The minimum atomic E-state index is 0.201. The monoisotopic (exact) mass is 290 g/mol. The summed E-state index contributed by atoms with van der Waals surface area (Å²) in [4.78, 5) is 6.18. The highest BCUT2D eigenvalue weighted by Crippen LogP contribution is 2.32. The first kappa shape index (κ1) is 13.8. The Morgan fingerprint density at radius 1 is 1.45 bits per heavy atom. The van der Waals surface area contributed by atoms with Gasteiger partial charge in [0, 0.05) is 29.2 Å². The van der Waals surface area contributed by atoms with Crippen LogP contribution in [-0.2, 0) is 13.0 Å². The van der Waals surface area contributed by atoms with E-state index < -0.39 is 0 Å². The second-order valence-electron chi connectivity index (χ2n) is 5.41. The van der Waals surface area contributed by atoms with Gasteiger partial charge >= 0.3 is 0 Å². The van der Waals surface area contributed by atoms with E-state index in [2.05, 4.69) is 37.4 Å². The standard InChI is InChI=1S/C15H22N4S/c1-4-13-10(3)20-15(18-13)14(17-12-6-7-12)11-8-16-19(5-2)9-11/h8-9,12,14,17H,4-7H2,1-3H3. The largest absolute Gasteiger partial charge is 0.301 e. The fourth-order valence-corrected chi connectivity index (χ4v) is 3.50. The molecule has 0 aromatic carbocycles. The Hall–Kier alpha value is -1.20. The third kappa shape index (κ3) is 2.79. The summed E-state index contributed by atoms with van der Waals surface area (Å²) in [5, 5.41) is 9.31. The summed E-state index contributed by atoms with van der Waals surface area (Å²) in [7, 11) is 0. The van der Waals surface area contributed by atoms with Crippen LogP contribution in [-0.4, -0.2) is 20.8 Å². The summed E-state index contributed by atoms with van der Waals surface area (Å²) in [5.41, 5.74) is 2.46. The van der Waals surface area contributed by atoms with Crippen molar-refractivity contribution >= 4 is 11.3 Å². The molecule has 3 rings (SSSR count). The highest BCUT2D eigenvalue weighted by Gasteiger charge is 2.29. The van der Waals surface area contributed by atoms with Crippen LogP contribution >= 0.6 is 11.3 Å². The van der Waals surface area contributed by atoms with Crippen LogP contribution < -0.4 is 5.32 Å². The lowest BCUT2D eigenvalue weighted by molar-refractivity contribution is 0.594. The average Bonchev–Trinajstić information content (AvgIpc) is 3.01. The number of thiazole rings is 1. The van der Waals surface area contributed by atoms with Gasteiger partial charge in [0.05, 0.1) is 17.9 Å². The topological polar surface area (TPSA) is 42.7 Å². The van der Waals surface area contributed by atoms with Crippen molar-refractivity contribution < 1.29 is 0 Å². The van der Waals surface area contributed by atoms with Crippen LogP contribution in [0.15, 0.2) is 12.4 Å². The summed E-state index contributed by atoms with van der Waals surface area (Å²) in [6.07, 6.45) is 7.69. The van der Waals surface area contributed by atoms with E-state index in [1.807, 2.05) is 22.2 Å². The lowest BCUT2D eigenvalue weighted by atomic mass is 10.1. The first-order valence-electron chi connectivity index (χ1n) is 7.45. The van der Waals surface area contributed by atoms with Crippen molar-refractivity contribution in [3.8, 4) is 0 Å². The summed E-state index contributed by atoms with van der Waals surface area (Å²) >= 11 is 1.82. The zero-order chi connectivity index (χ0) is 14.1. The maximum absolute atomic E-state index is 4.84. The molecule has 0 radical (unpaired) electrons. The molecule has 0 saturated heterocycles.